The number of hydrogen-bond donors (Lipinski definition) is 1. The van der Waals surface area contributed by atoms with E-state index in [0.29, 0.717) is 33.7 Å². The maximum absolute atomic E-state index is 13.7. The second-order valence-corrected chi connectivity index (χ2v) is 9.97. The molecule has 0 saturated carbocycles. The molecule has 1 aliphatic rings. The van der Waals surface area contributed by atoms with Crippen molar-refractivity contribution in [1.29, 1.82) is 0 Å². The van der Waals surface area contributed by atoms with E-state index in [1.807, 2.05) is 26.0 Å². The summed E-state index contributed by atoms with van der Waals surface area (Å²) in [6.45, 7) is 5.64. The van der Waals surface area contributed by atoms with Gasteiger partial charge < -0.3 is 23.7 Å². The average molecular weight is 535 g/mol. The van der Waals surface area contributed by atoms with E-state index >= 15 is 0 Å². The largest absolute Gasteiger partial charge is 0.503 e. The smallest absolute Gasteiger partial charge is 0.296 e. The third-order valence-corrected chi connectivity index (χ3v) is 7.45. The second-order valence-electron chi connectivity index (χ2n) is 8.96. The van der Waals surface area contributed by atoms with E-state index in [1.54, 1.807) is 25.1 Å². The SMILES string of the molecule is COc1cc(C2C(C(=O)c3ccc(C)o3)=C(O)C(=O)N2c2nc3c(C)cc(C)cc3s2)cc(OC)c1OC. The number of rotatable bonds is 7. The fraction of sp³-hybridized carbons (Fsp3) is 0.250. The molecule has 9 nitrogen and oxygen atoms in total. The average Bonchev–Trinajstić information content (AvgIpc) is 3.59. The summed E-state index contributed by atoms with van der Waals surface area (Å²) in [5.74, 6) is -0.488. The summed E-state index contributed by atoms with van der Waals surface area (Å²) in [6, 6.07) is 9.41. The van der Waals surface area contributed by atoms with Crippen molar-refractivity contribution in [2.24, 2.45) is 0 Å². The molecule has 5 rings (SSSR count). The molecule has 4 aromatic rings. The summed E-state index contributed by atoms with van der Waals surface area (Å²) in [6.07, 6.45) is 0. The number of methoxy groups -OCH3 is 3. The van der Waals surface area contributed by atoms with Crippen LogP contribution in [0.3, 0.4) is 0 Å². The molecule has 2 aromatic heterocycles. The number of fused-ring (bicyclic) bond motifs is 1. The van der Waals surface area contributed by atoms with Crippen LogP contribution in [0.25, 0.3) is 10.2 Å². The van der Waals surface area contributed by atoms with Gasteiger partial charge in [0.05, 0.1) is 43.2 Å². The van der Waals surface area contributed by atoms with Crippen LogP contribution < -0.4 is 19.1 Å². The van der Waals surface area contributed by atoms with Crippen LogP contribution in [-0.4, -0.2) is 43.1 Å². The van der Waals surface area contributed by atoms with Gasteiger partial charge in [-0.15, -0.1) is 0 Å². The van der Waals surface area contributed by atoms with Crippen molar-refractivity contribution < 1.29 is 33.3 Å². The lowest BCUT2D eigenvalue weighted by Gasteiger charge is -2.25. The predicted octanol–water partition coefficient (Wildman–Crippen LogP) is 5.62. The Morgan fingerprint density at radius 2 is 1.71 bits per heavy atom. The number of aliphatic hydroxyl groups is 1. The monoisotopic (exact) mass is 534 g/mol. The Hall–Kier alpha value is -4.31. The first kappa shape index (κ1) is 25.3. The molecule has 0 aliphatic carbocycles. The highest BCUT2D eigenvalue weighted by atomic mass is 32.1. The quantitative estimate of drug-likeness (QED) is 0.304. The predicted molar refractivity (Wildman–Crippen MR) is 143 cm³/mol. The van der Waals surface area contributed by atoms with Gasteiger partial charge in [-0.3, -0.25) is 14.5 Å². The number of carbonyl (C=O) groups is 2. The first-order chi connectivity index (χ1) is 18.2. The topological polar surface area (TPSA) is 111 Å². The molecular weight excluding hydrogens is 508 g/mol. The Balaban J connectivity index is 1.75. The summed E-state index contributed by atoms with van der Waals surface area (Å²) in [5.41, 5.74) is 3.08. The number of carbonyl (C=O) groups excluding carboxylic acids is 2. The summed E-state index contributed by atoms with van der Waals surface area (Å²) in [7, 11) is 4.43. The molecular formula is C28H26N2O7S. The second kappa shape index (κ2) is 9.53. The molecule has 0 fully saturated rings. The van der Waals surface area contributed by atoms with Crippen molar-refractivity contribution in [1.82, 2.24) is 4.98 Å². The number of benzene rings is 2. The van der Waals surface area contributed by atoms with Crippen LogP contribution in [0.4, 0.5) is 5.13 Å². The van der Waals surface area contributed by atoms with Crippen molar-refractivity contribution in [3.63, 3.8) is 0 Å². The minimum Gasteiger partial charge on any atom is -0.503 e. The molecule has 0 radical (unpaired) electrons. The number of thiazole rings is 1. The van der Waals surface area contributed by atoms with Gasteiger partial charge in [0.15, 0.2) is 28.1 Å². The molecule has 2 aromatic carbocycles. The van der Waals surface area contributed by atoms with Crippen LogP contribution in [0.2, 0.25) is 0 Å². The van der Waals surface area contributed by atoms with Crippen molar-refractivity contribution in [3.05, 3.63) is 75.9 Å². The van der Waals surface area contributed by atoms with E-state index in [9.17, 15) is 14.7 Å². The Morgan fingerprint density at radius 3 is 2.29 bits per heavy atom. The molecule has 3 heterocycles. The highest BCUT2D eigenvalue weighted by molar-refractivity contribution is 7.22. The molecule has 0 saturated heterocycles. The van der Waals surface area contributed by atoms with Crippen LogP contribution in [0, 0.1) is 20.8 Å². The number of hydrogen-bond acceptors (Lipinski definition) is 9. The molecule has 10 heteroatoms. The molecule has 1 unspecified atom stereocenters. The molecule has 1 atom stereocenters. The van der Waals surface area contributed by atoms with Crippen molar-refractivity contribution in [2.75, 3.05) is 26.2 Å². The van der Waals surface area contributed by atoms with Gasteiger partial charge in [0.1, 0.15) is 5.76 Å². The molecule has 0 spiro atoms. The number of Topliss-reactive ketones (excluding diaryl/α,β-unsaturated/α-hetero) is 1. The fourth-order valence-electron chi connectivity index (χ4n) is 4.76. The summed E-state index contributed by atoms with van der Waals surface area (Å²) < 4.78 is 23.0. The zero-order valence-electron chi connectivity index (χ0n) is 21.7. The van der Waals surface area contributed by atoms with Gasteiger partial charge in [-0.2, -0.15) is 0 Å². The number of amides is 1. The minimum atomic E-state index is -1.05. The molecule has 38 heavy (non-hydrogen) atoms. The highest BCUT2D eigenvalue weighted by Gasteiger charge is 2.47. The number of nitrogens with zero attached hydrogens (tertiary/aromatic N) is 2. The zero-order chi connectivity index (χ0) is 27.3. The molecule has 1 amide bonds. The number of ether oxygens (including phenoxy) is 3. The number of ketones is 1. The number of furan rings is 1. The molecule has 0 bridgehead atoms. The van der Waals surface area contributed by atoms with Crippen LogP contribution >= 0.6 is 11.3 Å². The number of aryl methyl sites for hydroxylation is 3. The third kappa shape index (κ3) is 3.97. The van der Waals surface area contributed by atoms with E-state index in [4.69, 9.17) is 23.6 Å². The van der Waals surface area contributed by atoms with Gasteiger partial charge in [-0.05, 0) is 67.8 Å². The summed E-state index contributed by atoms with van der Waals surface area (Å²) in [4.78, 5) is 33.4. The van der Waals surface area contributed by atoms with Gasteiger partial charge in [0.2, 0.25) is 11.5 Å². The van der Waals surface area contributed by atoms with Crippen LogP contribution in [0.5, 0.6) is 17.2 Å². The standard InChI is InChI=1S/C28H26N2O7S/c1-13-9-14(2)22-20(10-13)38-28(29-22)30-23(16-11-18(34-4)26(36-6)19(12-16)35-5)21(25(32)27(30)33)24(31)17-8-7-15(3)37-17/h7-12,23,32H,1-6H3. The number of aromatic nitrogens is 1. The molecule has 1 aliphatic heterocycles. The van der Waals surface area contributed by atoms with Crippen molar-refractivity contribution in [2.45, 2.75) is 26.8 Å². The first-order valence-electron chi connectivity index (χ1n) is 11.7. The zero-order valence-corrected chi connectivity index (χ0v) is 22.6. The van der Waals surface area contributed by atoms with Crippen molar-refractivity contribution in [3.8, 4) is 17.2 Å². The van der Waals surface area contributed by atoms with Gasteiger partial charge in [0.25, 0.3) is 5.91 Å². The van der Waals surface area contributed by atoms with Crippen LogP contribution in [-0.2, 0) is 4.79 Å². The Labute approximate surface area is 222 Å². The van der Waals surface area contributed by atoms with Gasteiger partial charge >= 0.3 is 0 Å². The number of anilines is 1. The summed E-state index contributed by atoms with van der Waals surface area (Å²) >= 11 is 1.30. The van der Waals surface area contributed by atoms with E-state index < -0.39 is 23.5 Å². The molecule has 1 N–H and O–H groups in total. The Kier molecular flexibility index (Phi) is 6.36. The van der Waals surface area contributed by atoms with Crippen LogP contribution in [0.1, 0.15) is 39.0 Å². The summed E-state index contributed by atoms with van der Waals surface area (Å²) in [5, 5.41) is 11.4. The van der Waals surface area contributed by atoms with E-state index in [1.165, 1.54) is 43.6 Å². The highest BCUT2D eigenvalue weighted by Crippen LogP contribution is 2.48. The van der Waals surface area contributed by atoms with Gasteiger partial charge in [0, 0.05) is 0 Å². The van der Waals surface area contributed by atoms with E-state index in [-0.39, 0.29) is 11.3 Å². The Bertz CT molecular complexity index is 1610. The lowest BCUT2D eigenvalue weighted by molar-refractivity contribution is -0.117. The lowest BCUT2D eigenvalue weighted by atomic mass is 9.94. The maximum Gasteiger partial charge on any atom is 0.296 e. The normalized spacial score (nSPS) is 15.5. The minimum absolute atomic E-state index is 0.00640. The third-order valence-electron chi connectivity index (χ3n) is 6.44. The van der Waals surface area contributed by atoms with Crippen LogP contribution in [0.15, 0.2) is 52.1 Å². The van der Waals surface area contributed by atoms with E-state index in [2.05, 4.69) is 0 Å². The van der Waals surface area contributed by atoms with E-state index in [0.717, 1.165) is 21.3 Å². The lowest BCUT2D eigenvalue weighted by Crippen LogP contribution is -2.31. The number of aliphatic hydroxyl groups excluding tert-OH is 1. The van der Waals surface area contributed by atoms with Crippen molar-refractivity contribution >= 4 is 38.4 Å². The van der Waals surface area contributed by atoms with Gasteiger partial charge in [-0.25, -0.2) is 4.98 Å². The fourth-order valence-corrected chi connectivity index (χ4v) is 5.93. The maximum atomic E-state index is 13.7. The first-order valence-corrected chi connectivity index (χ1v) is 12.6. The molecule has 196 valence electrons. The Morgan fingerprint density at radius 1 is 1.03 bits per heavy atom. The van der Waals surface area contributed by atoms with Gasteiger partial charge in [-0.1, -0.05) is 17.4 Å².